The molecular weight excluding hydrogens is 380 g/mol. The van der Waals surface area contributed by atoms with E-state index in [4.69, 9.17) is 0 Å². The van der Waals surface area contributed by atoms with Crippen LogP contribution in [0.15, 0.2) is 54.0 Å². The molecule has 150 valence electrons. The third kappa shape index (κ3) is 3.87. The Labute approximate surface area is 175 Å². The number of nitrogens with zero attached hydrogens (tertiary/aromatic N) is 2. The molecule has 0 unspecified atom stereocenters. The second kappa shape index (κ2) is 7.76. The van der Waals surface area contributed by atoms with E-state index in [-0.39, 0.29) is 17.2 Å². The summed E-state index contributed by atoms with van der Waals surface area (Å²) in [6.07, 6.45) is 5.23. The number of benzene rings is 1. The summed E-state index contributed by atoms with van der Waals surface area (Å²) in [6.45, 7) is 3.67. The summed E-state index contributed by atoms with van der Waals surface area (Å²) in [5.41, 5.74) is 3.78. The van der Waals surface area contributed by atoms with Crippen molar-refractivity contribution in [2.75, 3.05) is 13.1 Å². The van der Waals surface area contributed by atoms with Crippen LogP contribution in [0.3, 0.4) is 0 Å². The number of carbonyl (C=O) groups is 1. The van der Waals surface area contributed by atoms with Gasteiger partial charge in [-0.25, -0.2) is 0 Å². The predicted molar refractivity (Wildman–Crippen MR) is 115 cm³/mol. The Morgan fingerprint density at radius 2 is 2.03 bits per heavy atom. The van der Waals surface area contributed by atoms with Gasteiger partial charge in [-0.05, 0) is 54.8 Å². The van der Waals surface area contributed by atoms with Crippen LogP contribution in [-0.4, -0.2) is 34.1 Å². The third-order valence-electron chi connectivity index (χ3n) is 6.55. The van der Waals surface area contributed by atoms with Gasteiger partial charge in [-0.15, -0.1) is 11.3 Å². The van der Waals surface area contributed by atoms with Gasteiger partial charge in [0.1, 0.15) is 0 Å². The first-order chi connectivity index (χ1) is 14.2. The van der Waals surface area contributed by atoms with E-state index in [1.165, 1.54) is 16.0 Å². The molecule has 2 aliphatic rings. The van der Waals surface area contributed by atoms with Gasteiger partial charge < -0.3 is 5.32 Å². The smallest absolute Gasteiger partial charge is 0.223 e. The van der Waals surface area contributed by atoms with E-state index in [2.05, 4.69) is 56.1 Å². The molecule has 0 radical (unpaired) electrons. The lowest BCUT2D eigenvalue weighted by atomic mass is 9.90. The lowest BCUT2D eigenvalue weighted by molar-refractivity contribution is -0.123. The van der Waals surface area contributed by atoms with Gasteiger partial charge in [-0.3, -0.25) is 14.8 Å². The first-order valence-electron chi connectivity index (χ1n) is 10.3. The van der Waals surface area contributed by atoms with Crippen LogP contribution in [0.1, 0.15) is 29.7 Å². The Balaban J connectivity index is 1.14. The van der Waals surface area contributed by atoms with Gasteiger partial charge in [0.25, 0.3) is 0 Å². The monoisotopic (exact) mass is 406 g/mol. The third-order valence-corrected chi connectivity index (χ3v) is 7.43. The summed E-state index contributed by atoms with van der Waals surface area (Å²) in [6, 6.07) is 14.5. The molecule has 29 heavy (non-hydrogen) atoms. The molecule has 2 fully saturated rings. The Kier molecular flexibility index (Phi) is 4.97. The molecule has 1 aliphatic heterocycles. The highest BCUT2D eigenvalue weighted by Gasteiger charge is 2.58. The number of hydrogen-bond donors (Lipinski definition) is 2. The van der Waals surface area contributed by atoms with Crippen LogP contribution in [0.5, 0.6) is 0 Å². The van der Waals surface area contributed by atoms with Crippen LogP contribution >= 0.6 is 11.3 Å². The zero-order valence-corrected chi connectivity index (χ0v) is 17.3. The number of H-pyrrole nitrogens is 1. The normalized spacial score (nSPS) is 20.6. The lowest BCUT2D eigenvalue weighted by Crippen LogP contribution is -2.36. The first kappa shape index (κ1) is 18.6. The Bertz CT molecular complexity index is 958. The minimum Gasteiger partial charge on any atom is -0.351 e. The standard InChI is InChI=1S/C23H26N4OS/c28-22(24-15-19-7-4-12-29-19)20-13-23(20)8-10-27(11-9-23)16-18-14-25-26-21(18)17-5-2-1-3-6-17/h1-7,12,14,20H,8-11,13,15-16H2,(H,24,28)(H,25,26)/t20-/m0/s1. The average Bonchev–Trinajstić information content (AvgIpc) is 3.12. The molecule has 1 saturated carbocycles. The minimum absolute atomic E-state index is 0.207. The number of rotatable bonds is 6. The number of carbonyl (C=O) groups excluding carboxylic acids is 1. The maximum absolute atomic E-state index is 12.6. The molecule has 0 bridgehead atoms. The fourth-order valence-electron chi connectivity index (χ4n) is 4.66. The zero-order valence-electron chi connectivity index (χ0n) is 16.4. The van der Waals surface area contributed by atoms with Crippen molar-refractivity contribution in [2.24, 2.45) is 11.3 Å². The number of likely N-dealkylation sites (tertiary alicyclic amines) is 1. The maximum Gasteiger partial charge on any atom is 0.223 e. The number of aromatic nitrogens is 2. The second-order valence-electron chi connectivity index (χ2n) is 8.33. The van der Waals surface area contributed by atoms with E-state index >= 15 is 0 Å². The molecule has 5 nitrogen and oxygen atoms in total. The number of amides is 1. The van der Waals surface area contributed by atoms with E-state index in [9.17, 15) is 4.79 Å². The van der Waals surface area contributed by atoms with Gasteiger partial charge in [0.2, 0.25) is 5.91 Å². The van der Waals surface area contributed by atoms with Gasteiger partial charge in [0.05, 0.1) is 18.4 Å². The number of aromatic amines is 1. The molecule has 1 atom stereocenters. The summed E-state index contributed by atoms with van der Waals surface area (Å²) in [5.74, 6) is 0.450. The minimum atomic E-state index is 0.207. The summed E-state index contributed by atoms with van der Waals surface area (Å²) >= 11 is 1.70. The lowest BCUT2D eigenvalue weighted by Gasteiger charge is -2.32. The molecule has 1 aromatic carbocycles. The summed E-state index contributed by atoms with van der Waals surface area (Å²) in [4.78, 5) is 16.3. The molecular formula is C23H26N4OS. The van der Waals surface area contributed by atoms with Crippen molar-refractivity contribution < 1.29 is 4.79 Å². The molecule has 6 heteroatoms. The topological polar surface area (TPSA) is 61.0 Å². The fourth-order valence-corrected chi connectivity index (χ4v) is 5.31. The van der Waals surface area contributed by atoms with Crippen molar-refractivity contribution in [1.29, 1.82) is 0 Å². The highest BCUT2D eigenvalue weighted by Crippen LogP contribution is 2.59. The second-order valence-corrected chi connectivity index (χ2v) is 9.36. The maximum atomic E-state index is 12.6. The van der Waals surface area contributed by atoms with Crippen LogP contribution in [0.4, 0.5) is 0 Å². The van der Waals surface area contributed by atoms with Crippen molar-refractivity contribution in [3.8, 4) is 11.3 Å². The highest BCUT2D eigenvalue weighted by molar-refractivity contribution is 7.09. The van der Waals surface area contributed by atoms with Crippen LogP contribution in [0.2, 0.25) is 0 Å². The van der Waals surface area contributed by atoms with Gasteiger partial charge in [0.15, 0.2) is 0 Å². The van der Waals surface area contributed by atoms with Gasteiger partial charge in [-0.1, -0.05) is 36.4 Å². The molecule has 1 amide bonds. The highest BCUT2D eigenvalue weighted by atomic mass is 32.1. The summed E-state index contributed by atoms with van der Waals surface area (Å²) in [7, 11) is 0. The van der Waals surface area contributed by atoms with Gasteiger partial charge in [-0.2, -0.15) is 5.10 Å². The SMILES string of the molecule is O=C(NCc1cccs1)[C@@H]1CC12CCN(Cc1cn[nH]c1-c1ccccc1)CC2. The van der Waals surface area contributed by atoms with Crippen molar-refractivity contribution in [1.82, 2.24) is 20.4 Å². The Morgan fingerprint density at radius 3 is 2.79 bits per heavy atom. The molecule has 2 aromatic heterocycles. The van der Waals surface area contributed by atoms with E-state index < -0.39 is 0 Å². The number of piperidine rings is 1. The predicted octanol–water partition coefficient (Wildman–Crippen LogP) is 4.06. The van der Waals surface area contributed by atoms with Crippen molar-refractivity contribution in [3.63, 3.8) is 0 Å². The summed E-state index contributed by atoms with van der Waals surface area (Å²) < 4.78 is 0. The molecule has 3 aromatic rings. The van der Waals surface area contributed by atoms with E-state index in [1.54, 1.807) is 11.3 Å². The average molecular weight is 407 g/mol. The van der Waals surface area contributed by atoms with Crippen molar-refractivity contribution in [3.05, 3.63) is 64.5 Å². The Morgan fingerprint density at radius 1 is 1.21 bits per heavy atom. The number of thiophene rings is 1. The van der Waals surface area contributed by atoms with Gasteiger partial charge in [0, 0.05) is 22.9 Å². The summed E-state index contributed by atoms with van der Waals surface area (Å²) in [5, 5.41) is 12.6. The van der Waals surface area contributed by atoms with Crippen LogP contribution in [-0.2, 0) is 17.9 Å². The molecule has 3 heterocycles. The van der Waals surface area contributed by atoms with Crippen LogP contribution in [0.25, 0.3) is 11.3 Å². The number of nitrogens with one attached hydrogen (secondary N) is 2. The first-order valence-corrected chi connectivity index (χ1v) is 11.2. The molecule has 1 spiro atoms. The molecule has 1 saturated heterocycles. The van der Waals surface area contributed by atoms with E-state index in [0.29, 0.717) is 6.54 Å². The van der Waals surface area contributed by atoms with Crippen LogP contribution < -0.4 is 5.32 Å². The van der Waals surface area contributed by atoms with E-state index in [0.717, 1.165) is 44.6 Å². The molecule has 2 N–H and O–H groups in total. The van der Waals surface area contributed by atoms with Gasteiger partial charge >= 0.3 is 0 Å². The fraction of sp³-hybridized carbons (Fsp3) is 0.391. The largest absolute Gasteiger partial charge is 0.351 e. The van der Waals surface area contributed by atoms with E-state index in [1.807, 2.05) is 18.3 Å². The molecule has 5 rings (SSSR count). The zero-order chi connectivity index (χ0) is 19.7. The molecule has 1 aliphatic carbocycles. The quantitative estimate of drug-likeness (QED) is 0.649. The van der Waals surface area contributed by atoms with Crippen LogP contribution in [0, 0.1) is 11.3 Å². The Hall–Kier alpha value is -2.44. The number of hydrogen-bond acceptors (Lipinski definition) is 4. The van der Waals surface area contributed by atoms with Crippen molar-refractivity contribution in [2.45, 2.75) is 32.4 Å². The van der Waals surface area contributed by atoms with Crippen molar-refractivity contribution >= 4 is 17.2 Å².